The molecule has 0 radical (unpaired) electrons. The maximum absolute atomic E-state index is 15.5. The van der Waals surface area contributed by atoms with Crippen molar-refractivity contribution in [3.8, 4) is 28.2 Å². The Morgan fingerprint density at radius 3 is 2.64 bits per heavy atom. The summed E-state index contributed by atoms with van der Waals surface area (Å²) in [7, 11) is 1.80. The standard InChI is InChI=1S/C30H28Cl2FN9O2/c1-16(2)18-5-4-6-23(20-11-17(9-10-34-20)29-22(37-30(18)44)13-36-40(29)3)41-15-35-21(12-26(41)43)27-24(8-7-19(31)28(27)33)42-14-25(32)38-39-42/h7-16,18,23H,4-6H2,1-3H3,(H,37,44)/t18?,23-/m0/s1. The Morgan fingerprint density at radius 1 is 1.09 bits per heavy atom. The van der Waals surface area contributed by atoms with Crippen molar-refractivity contribution in [2.45, 2.75) is 39.2 Å². The van der Waals surface area contributed by atoms with Gasteiger partial charge in [0.05, 0.1) is 63.8 Å². The number of carbonyl (C=O) groups excluding carboxylic acids is 1. The summed E-state index contributed by atoms with van der Waals surface area (Å²) >= 11 is 12.1. The fraction of sp³-hybridized carbons (Fsp3) is 0.300. The summed E-state index contributed by atoms with van der Waals surface area (Å²) in [5.41, 5.74) is 2.66. The number of halogens is 3. The number of nitrogens with one attached hydrogen (secondary N) is 1. The van der Waals surface area contributed by atoms with Crippen molar-refractivity contribution in [1.82, 2.24) is 39.3 Å². The highest BCUT2D eigenvalue weighted by Crippen LogP contribution is 2.35. The second-order valence-electron chi connectivity index (χ2n) is 11.0. The van der Waals surface area contributed by atoms with Gasteiger partial charge in [-0.3, -0.25) is 23.8 Å². The molecule has 1 N–H and O–H groups in total. The fourth-order valence-corrected chi connectivity index (χ4v) is 6.00. The van der Waals surface area contributed by atoms with E-state index in [9.17, 15) is 9.59 Å². The molecule has 4 aromatic heterocycles. The van der Waals surface area contributed by atoms with Crippen LogP contribution >= 0.6 is 23.2 Å². The molecule has 5 aromatic rings. The first kappa shape index (κ1) is 29.6. The molecule has 2 atom stereocenters. The van der Waals surface area contributed by atoms with Gasteiger partial charge in [0.15, 0.2) is 11.0 Å². The van der Waals surface area contributed by atoms with Gasteiger partial charge in [-0.1, -0.05) is 48.7 Å². The molecule has 1 aliphatic heterocycles. The predicted molar refractivity (Wildman–Crippen MR) is 164 cm³/mol. The van der Waals surface area contributed by atoms with Crippen LogP contribution in [-0.4, -0.2) is 45.2 Å². The Bertz CT molecular complexity index is 1930. The number of aromatic nitrogens is 8. The van der Waals surface area contributed by atoms with E-state index in [1.165, 1.54) is 33.9 Å². The monoisotopic (exact) mass is 635 g/mol. The zero-order valence-corrected chi connectivity index (χ0v) is 25.6. The Kier molecular flexibility index (Phi) is 8.04. The van der Waals surface area contributed by atoms with Crippen LogP contribution in [0.4, 0.5) is 10.1 Å². The van der Waals surface area contributed by atoms with E-state index in [-0.39, 0.29) is 44.9 Å². The van der Waals surface area contributed by atoms with Crippen molar-refractivity contribution >= 4 is 34.8 Å². The van der Waals surface area contributed by atoms with Gasteiger partial charge in [-0.05, 0) is 43.0 Å². The molecule has 0 fully saturated rings. The smallest absolute Gasteiger partial charge is 0.254 e. The van der Waals surface area contributed by atoms with Crippen LogP contribution in [-0.2, 0) is 11.8 Å². The van der Waals surface area contributed by atoms with Crippen molar-refractivity contribution < 1.29 is 9.18 Å². The van der Waals surface area contributed by atoms with Crippen LogP contribution in [0, 0.1) is 17.7 Å². The molecule has 0 saturated heterocycles. The largest absolute Gasteiger partial charge is 0.323 e. The van der Waals surface area contributed by atoms with E-state index in [1.807, 2.05) is 26.0 Å². The number of fused-ring (bicyclic) bond motifs is 4. The van der Waals surface area contributed by atoms with E-state index in [2.05, 4.69) is 30.7 Å². The minimum absolute atomic E-state index is 0.0170. The topological polar surface area (TPSA) is 125 Å². The minimum atomic E-state index is -0.759. The second kappa shape index (κ2) is 11.9. The Morgan fingerprint density at radius 2 is 1.91 bits per heavy atom. The molecule has 1 aromatic carbocycles. The highest BCUT2D eigenvalue weighted by molar-refractivity contribution is 6.31. The quantitative estimate of drug-likeness (QED) is 0.268. The van der Waals surface area contributed by atoms with E-state index in [0.717, 1.165) is 11.3 Å². The number of nitrogens with zero attached hydrogens (tertiary/aromatic N) is 8. The summed E-state index contributed by atoms with van der Waals surface area (Å²) in [4.78, 5) is 36.3. The van der Waals surface area contributed by atoms with Crippen LogP contribution in [0.25, 0.3) is 28.2 Å². The second-order valence-corrected chi connectivity index (χ2v) is 11.8. The fourth-order valence-electron chi connectivity index (χ4n) is 5.72. The van der Waals surface area contributed by atoms with Crippen molar-refractivity contribution in [3.63, 3.8) is 0 Å². The van der Waals surface area contributed by atoms with Crippen LogP contribution < -0.4 is 10.9 Å². The lowest BCUT2D eigenvalue weighted by Gasteiger charge is -2.24. The van der Waals surface area contributed by atoms with E-state index in [0.29, 0.717) is 30.6 Å². The van der Waals surface area contributed by atoms with E-state index >= 15 is 4.39 Å². The lowest BCUT2D eigenvalue weighted by molar-refractivity contribution is -0.121. The van der Waals surface area contributed by atoms with Crippen molar-refractivity contribution in [3.05, 3.63) is 87.3 Å². The van der Waals surface area contributed by atoms with E-state index in [1.54, 1.807) is 30.2 Å². The van der Waals surface area contributed by atoms with Crippen LogP contribution in [0.2, 0.25) is 10.2 Å². The Hall–Kier alpha value is -4.42. The van der Waals surface area contributed by atoms with Gasteiger partial charge in [0.2, 0.25) is 5.91 Å². The summed E-state index contributed by atoms with van der Waals surface area (Å²) in [6.45, 7) is 4.04. The third-order valence-electron chi connectivity index (χ3n) is 7.94. The zero-order valence-electron chi connectivity index (χ0n) is 24.1. The van der Waals surface area contributed by atoms with Crippen LogP contribution in [0.15, 0.2) is 60.0 Å². The number of hydrogen-bond donors (Lipinski definition) is 1. The molecular weight excluding hydrogens is 608 g/mol. The highest BCUT2D eigenvalue weighted by atomic mass is 35.5. The van der Waals surface area contributed by atoms with Crippen molar-refractivity contribution in [2.75, 3.05) is 5.32 Å². The molecule has 1 unspecified atom stereocenters. The Balaban J connectivity index is 1.46. The molecule has 1 amide bonds. The summed E-state index contributed by atoms with van der Waals surface area (Å²) in [6, 6.07) is 7.42. The lowest BCUT2D eigenvalue weighted by Crippen LogP contribution is -2.29. The summed E-state index contributed by atoms with van der Waals surface area (Å²) in [6.07, 6.45) is 7.87. The van der Waals surface area contributed by atoms with Gasteiger partial charge in [0, 0.05) is 30.8 Å². The maximum atomic E-state index is 15.5. The van der Waals surface area contributed by atoms with Gasteiger partial charge in [0.25, 0.3) is 5.56 Å². The predicted octanol–water partition coefficient (Wildman–Crippen LogP) is 5.72. The molecular formula is C30H28Cl2FN9O2. The van der Waals surface area contributed by atoms with Gasteiger partial charge >= 0.3 is 0 Å². The number of rotatable bonds is 4. The molecule has 2 bridgehead atoms. The molecule has 14 heteroatoms. The molecule has 0 spiro atoms. The number of benzene rings is 1. The van der Waals surface area contributed by atoms with Gasteiger partial charge in [-0.25, -0.2) is 14.1 Å². The first-order chi connectivity index (χ1) is 21.1. The number of anilines is 1. The molecule has 5 heterocycles. The third kappa shape index (κ3) is 5.50. The van der Waals surface area contributed by atoms with Gasteiger partial charge in [-0.15, -0.1) is 5.10 Å². The lowest BCUT2D eigenvalue weighted by atomic mass is 9.88. The average Bonchev–Trinajstić information content (AvgIpc) is 3.58. The summed E-state index contributed by atoms with van der Waals surface area (Å²) < 4.78 is 19.9. The summed E-state index contributed by atoms with van der Waals surface area (Å²) in [5, 5.41) is 15.1. The number of amides is 1. The van der Waals surface area contributed by atoms with E-state index < -0.39 is 17.4 Å². The first-order valence-electron chi connectivity index (χ1n) is 14.1. The van der Waals surface area contributed by atoms with Crippen molar-refractivity contribution in [1.29, 1.82) is 0 Å². The van der Waals surface area contributed by atoms with E-state index in [4.69, 9.17) is 23.2 Å². The van der Waals surface area contributed by atoms with Crippen molar-refractivity contribution in [2.24, 2.45) is 18.9 Å². The van der Waals surface area contributed by atoms with Crippen LogP contribution in [0.5, 0.6) is 0 Å². The SMILES string of the molecule is CC(C)C1CCC[C@H](n2cnc(-c3c(-n4cc(Cl)nn4)ccc(Cl)c3F)cc2=O)c2cc(ccn2)-c2c(cnn2C)NC1=O. The zero-order chi connectivity index (χ0) is 31.1. The highest BCUT2D eigenvalue weighted by Gasteiger charge is 2.28. The van der Waals surface area contributed by atoms with Crippen LogP contribution in [0.1, 0.15) is 44.8 Å². The molecule has 226 valence electrons. The maximum Gasteiger partial charge on any atom is 0.254 e. The first-order valence-corrected chi connectivity index (χ1v) is 14.8. The molecule has 0 saturated carbocycles. The molecule has 44 heavy (non-hydrogen) atoms. The number of carbonyl (C=O) groups is 1. The minimum Gasteiger partial charge on any atom is -0.323 e. The molecule has 6 rings (SSSR count). The van der Waals surface area contributed by atoms with Gasteiger partial charge in [0.1, 0.15) is 0 Å². The van der Waals surface area contributed by atoms with Gasteiger partial charge in [-0.2, -0.15) is 5.10 Å². The number of hydrogen-bond acceptors (Lipinski definition) is 7. The molecule has 11 nitrogen and oxygen atoms in total. The Labute approximate surface area is 261 Å². The number of aryl methyl sites for hydroxylation is 1. The normalized spacial score (nSPS) is 17.1. The van der Waals surface area contributed by atoms with Crippen LogP contribution in [0.3, 0.4) is 0 Å². The average molecular weight is 637 g/mol. The summed E-state index contributed by atoms with van der Waals surface area (Å²) in [5.74, 6) is -0.985. The molecule has 0 aliphatic carbocycles. The number of pyridine rings is 1. The third-order valence-corrected chi connectivity index (χ3v) is 8.40. The van der Waals surface area contributed by atoms with Gasteiger partial charge < -0.3 is 5.32 Å². The molecule has 1 aliphatic rings.